The lowest BCUT2D eigenvalue weighted by molar-refractivity contribution is 0.0727. The SMILES string of the molecule is COc1ccccc1C1c2c(C(C)(C)C)n[nH]c2C(=O)N1Cc1ccc(-c2cc[nH]c2)cc1. The number of rotatable bonds is 5. The number of aromatic amines is 2. The normalized spacial score (nSPS) is 15.7. The van der Waals surface area contributed by atoms with Crippen molar-refractivity contribution in [2.75, 3.05) is 7.11 Å². The van der Waals surface area contributed by atoms with E-state index in [2.05, 4.69) is 60.2 Å². The molecule has 1 unspecified atom stereocenters. The first-order valence-electron chi connectivity index (χ1n) is 11.1. The Kier molecular flexibility index (Phi) is 5.08. The van der Waals surface area contributed by atoms with Gasteiger partial charge in [-0.15, -0.1) is 0 Å². The molecule has 4 aromatic rings. The van der Waals surface area contributed by atoms with Gasteiger partial charge in [0.25, 0.3) is 5.91 Å². The summed E-state index contributed by atoms with van der Waals surface area (Å²) in [6.45, 7) is 6.85. The molecule has 1 aliphatic rings. The minimum atomic E-state index is -0.277. The second-order valence-electron chi connectivity index (χ2n) is 9.49. The van der Waals surface area contributed by atoms with E-state index in [0.717, 1.165) is 39.3 Å². The van der Waals surface area contributed by atoms with Crippen molar-refractivity contribution in [3.8, 4) is 16.9 Å². The molecule has 0 spiro atoms. The molecule has 0 fully saturated rings. The van der Waals surface area contributed by atoms with Crippen molar-refractivity contribution in [3.63, 3.8) is 0 Å². The highest BCUT2D eigenvalue weighted by atomic mass is 16.5. The van der Waals surface area contributed by atoms with Crippen molar-refractivity contribution in [2.45, 2.75) is 38.8 Å². The number of para-hydroxylation sites is 1. The summed E-state index contributed by atoms with van der Waals surface area (Å²) in [5.74, 6) is 0.718. The second kappa shape index (κ2) is 7.96. The van der Waals surface area contributed by atoms with Crippen LogP contribution in [-0.2, 0) is 12.0 Å². The number of aromatic nitrogens is 3. The number of fused-ring (bicyclic) bond motifs is 1. The number of nitrogens with zero attached hydrogens (tertiary/aromatic N) is 2. The first-order chi connectivity index (χ1) is 15.9. The fourth-order valence-corrected chi connectivity index (χ4v) is 4.65. The summed E-state index contributed by atoms with van der Waals surface area (Å²) in [5, 5.41) is 7.59. The zero-order valence-corrected chi connectivity index (χ0v) is 19.3. The Morgan fingerprint density at radius 1 is 1.03 bits per heavy atom. The zero-order valence-electron chi connectivity index (χ0n) is 19.3. The molecule has 2 aromatic heterocycles. The lowest BCUT2D eigenvalue weighted by atomic mass is 9.85. The Bertz CT molecular complexity index is 1280. The van der Waals surface area contributed by atoms with Gasteiger partial charge in [0.15, 0.2) is 0 Å². The zero-order chi connectivity index (χ0) is 23.2. The van der Waals surface area contributed by atoms with Crippen molar-refractivity contribution in [3.05, 3.63) is 95.1 Å². The van der Waals surface area contributed by atoms with E-state index in [1.54, 1.807) is 7.11 Å². The number of hydrogen-bond donors (Lipinski definition) is 2. The molecule has 1 atom stereocenters. The molecule has 33 heavy (non-hydrogen) atoms. The van der Waals surface area contributed by atoms with Crippen LogP contribution in [0.5, 0.6) is 5.75 Å². The maximum atomic E-state index is 13.6. The monoisotopic (exact) mass is 440 g/mol. The van der Waals surface area contributed by atoms with Crippen molar-refractivity contribution < 1.29 is 9.53 Å². The second-order valence-corrected chi connectivity index (χ2v) is 9.49. The van der Waals surface area contributed by atoms with Crippen LogP contribution in [0, 0.1) is 0 Å². The largest absolute Gasteiger partial charge is 0.496 e. The first kappa shape index (κ1) is 21.1. The fraction of sp³-hybridized carbons (Fsp3) is 0.259. The Hall–Kier alpha value is -3.80. The Balaban J connectivity index is 1.57. The molecule has 0 aliphatic carbocycles. The van der Waals surface area contributed by atoms with E-state index in [4.69, 9.17) is 4.74 Å². The van der Waals surface area contributed by atoms with E-state index in [9.17, 15) is 4.79 Å². The molecule has 2 aromatic carbocycles. The van der Waals surface area contributed by atoms with Crippen LogP contribution in [-0.4, -0.2) is 33.1 Å². The van der Waals surface area contributed by atoms with Crippen LogP contribution in [0.2, 0.25) is 0 Å². The quantitative estimate of drug-likeness (QED) is 0.433. The standard InChI is InChI=1S/C27H28N4O2/c1-27(2,3)25-22-23(29-30-25)26(32)31(24(22)20-7-5-6-8-21(20)33-4)16-17-9-11-18(12-10-17)19-13-14-28-15-19/h5-15,24,28H,16H2,1-4H3,(H,29,30). The molecule has 0 saturated heterocycles. The number of nitrogens with one attached hydrogen (secondary N) is 2. The van der Waals surface area contributed by atoms with Crippen LogP contribution in [0.1, 0.15) is 59.7 Å². The fourth-order valence-electron chi connectivity index (χ4n) is 4.65. The van der Waals surface area contributed by atoms with E-state index in [0.29, 0.717) is 12.2 Å². The number of carbonyl (C=O) groups is 1. The van der Waals surface area contributed by atoms with Crippen molar-refractivity contribution in [1.29, 1.82) is 0 Å². The molecule has 2 N–H and O–H groups in total. The number of methoxy groups -OCH3 is 1. The van der Waals surface area contributed by atoms with E-state index in [1.807, 2.05) is 47.6 Å². The van der Waals surface area contributed by atoms with Crippen LogP contribution in [0.3, 0.4) is 0 Å². The number of ether oxygens (including phenoxy) is 1. The third-order valence-corrected chi connectivity index (χ3v) is 6.25. The van der Waals surface area contributed by atoms with Gasteiger partial charge in [-0.3, -0.25) is 9.89 Å². The van der Waals surface area contributed by atoms with Gasteiger partial charge in [0.05, 0.1) is 18.8 Å². The van der Waals surface area contributed by atoms with Gasteiger partial charge in [-0.05, 0) is 28.8 Å². The molecule has 3 heterocycles. The van der Waals surface area contributed by atoms with Crippen LogP contribution >= 0.6 is 0 Å². The van der Waals surface area contributed by atoms with Gasteiger partial charge in [-0.25, -0.2) is 0 Å². The highest BCUT2D eigenvalue weighted by Gasteiger charge is 2.44. The number of benzene rings is 2. The smallest absolute Gasteiger partial charge is 0.273 e. The average Bonchev–Trinajstić information content (AvgIpc) is 3.53. The molecule has 1 amide bonds. The maximum absolute atomic E-state index is 13.6. The third kappa shape index (κ3) is 3.61. The van der Waals surface area contributed by atoms with E-state index >= 15 is 0 Å². The minimum Gasteiger partial charge on any atom is -0.496 e. The summed E-state index contributed by atoms with van der Waals surface area (Å²) >= 11 is 0. The van der Waals surface area contributed by atoms with Gasteiger partial charge < -0.3 is 14.6 Å². The van der Waals surface area contributed by atoms with Crippen molar-refractivity contribution >= 4 is 5.91 Å². The summed E-state index contributed by atoms with van der Waals surface area (Å²) in [5.41, 5.74) is 6.52. The van der Waals surface area contributed by atoms with E-state index < -0.39 is 0 Å². The number of hydrogen-bond acceptors (Lipinski definition) is 3. The molecule has 0 bridgehead atoms. The topological polar surface area (TPSA) is 74.0 Å². The third-order valence-electron chi connectivity index (χ3n) is 6.25. The molecular weight excluding hydrogens is 412 g/mol. The highest BCUT2D eigenvalue weighted by Crippen LogP contribution is 2.45. The van der Waals surface area contributed by atoms with Gasteiger partial charge in [0.1, 0.15) is 11.4 Å². The summed E-state index contributed by atoms with van der Waals surface area (Å²) in [4.78, 5) is 18.6. The Morgan fingerprint density at radius 2 is 1.79 bits per heavy atom. The molecule has 0 saturated carbocycles. The minimum absolute atomic E-state index is 0.0429. The van der Waals surface area contributed by atoms with E-state index in [1.165, 1.54) is 0 Å². The predicted octanol–water partition coefficient (Wildman–Crippen LogP) is 5.46. The van der Waals surface area contributed by atoms with Crippen LogP contribution in [0.25, 0.3) is 11.1 Å². The van der Waals surface area contributed by atoms with Crippen molar-refractivity contribution in [1.82, 2.24) is 20.1 Å². The molecule has 6 heteroatoms. The Labute approximate surface area is 193 Å². The molecule has 168 valence electrons. The van der Waals surface area contributed by atoms with Gasteiger partial charge in [0, 0.05) is 35.5 Å². The van der Waals surface area contributed by atoms with Crippen LogP contribution < -0.4 is 4.74 Å². The van der Waals surface area contributed by atoms with Crippen molar-refractivity contribution in [2.24, 2.45) is 0 Å². The molecular formula is C27H28N4O2. The first-order valence-corrected chi connectivity index (χ1v) is 11.1. The molecule has 5 rings (SSSR count). The van der Waals surface area contributed by atoms with E-state index in [-0.39, 0.29) is 17.4 Å². The van der Waals surface area contributed by atoms with Crippen LogP contribution in [0.15, 0.2) is 67.0 Å². The lowest BCUT2D eigenvalue weighted by Gasteiger charge is -2.29. The molecule has 6 nitrogen and oxygen atoms in total. The summed E-state index contributed by atoms with van der Waals surface area (Å²) in [6.07, 6.45) is 3.89. The number of H-pyrrole nitrogens is 2. The van der Waals surface area contributed by atoms with Gasteiger partial charge >= 0.3 is 0 Å². The summed E-state index contributed by atoms with van der Waals surface area (Å²) in [7, 11) is 1.67. The number of amides is 1. The molecule has 0 radical (unpaired) electrons. The van der Waals surface area contributed by atoms with Gasteiger partial charge in [-0.2, -0.15) is 5.10 Å². The number of carbonyl (C=O) groups excluding carboxylic acids is 1. The Morgan fingerprint density at radius 3 is 2.45 bits per heavy atom. The average molecular weight is 441 g/mol. The predicted molar refractivity (Wildman–Crippen MR) is 128 cm³/mol. The molecule has 1 aliphatic heterocycles. The van der Waals surface area contributed by atoms with Gasteiger partial charge in [-0.1, -0.05) is 63.2 Å². The van der Waals surface area contributed by atoms with Crippen LogP contribution in [0.4, 0.5) is 0 Å². The lowest BCUT2D eigenvalue weighted by Crippen LogP contribution is -2.30. The highest BCUT2D eigenvalue weighted by molar-refractivity contribution is 5.98. The summed E-state index contributed by atoms with van der Waals surface area (Å²) < 4.78 is 5.69. The maximum Gasteiger partial charge on any atom is 0.273 e. The summed E-state index contributed by atoms with van der Waals surface area (Å²) in [6, 6.07) is 18.0. The van der Waals surface area contributed by atoms with Gasteiger partial charge in [0.2, 0.25) is 0 Å².